The molecule has 0 N–H and O–H groups in total. The van der Waals surface area contributed by atoms with Gasteiger partial charge in [0.15, 0.2) is 0 Å². The largest absolute Gasteiger partial charge is 0.447 e. The van der Waals surface area contributed by atoms with Crippen LogP contribution in [0.25, 0.3) is 0 Å². The van der Waals surface area contributed by atoms with Crippen LogP contribution in [0, 0.1) is 5.92 Å². The monoisotopic (exact) mass is 227 g/mol. The van der Waals surface area contributed by atoms with Crippen molar-refractivity contribution in [2.75, 3.05) is 0 Å². The van der Waals surface area contributed by atoms with Gasteiger partial charge in [-0.3, -0.25) is 0 Å². The first-order valence-electron chi connectivity index (χ1n) is 6.62. The molecular formula is C13H25NO2. The van der Waals surface area contributed by atoms with Crippen molar-refractivity contribution in [3.63, 3.8) is 0 Å². The summed E-state index contributed by atoms with van der Waals surface area (Å²) < 4.78 is 5.25. The van der Waals surface area contributed by atoms with Crippen LogP contribution in [-0.2, 0) is 4.74 Å². The van der Waals surface area contributed by atoms with Crippen LogP contribution in [0.5, 0.6) is 0 Å². The van der Waals surface area contributed by atoms with E-state index < -0.39 is 0 Å². The number of rotatable bonds is 2. The number of carbonyl (C=O) groups is 1. The van der Waals surface area contributed by atoms with Crippen LogP contribution < -0.4 is 0 Å². The third kappa shape index (κ3) is 2.69. The third-order valence-electron chi connectivity index (χ3n) is 3.23. The first-order chi connectivity index (χ1) is 7.63. The van der Waals surface area contributed by atoms with Gasteiger partial charge in [0.1, 0.15) is 0 Å². The van der Waals surface area contributed by atoms with Gasteiger partial charge >= 0.3 is 6.09 Å². The van der Waals surface area contributed by atoms with E-state index in [4.69, 9.17) is 4.74 Å². The summed E-state index contributed by atoms with van der Waals surface area (Å²) in [6.45, 7) is 9.95. The van der Waals surface area contributed by atoms with E-state index in [-0.39, 0.29) is 12.2 Å². The molecule has 1 amide bonds. The van der Waals surface area contributed by atoms with Gasteiger partial charge in [0.25, 0.3) is 0 Å². The van der Waals surface area contributed by atoms with Crippen molar-refractivity contribution in [1.29, 1.82) is 0 Å². The Hall–Kier alpha value is -0.730. The molecule has 1 unspecified atom stereocenters. The molecule has 2 aliphatic rings. The van der Waals surface area contributed by atoms with Crippen molar-refractivity contribution in [3.8, 4) is 0 Å². The van der Waals surface area contributed by atoms with E-state index in [1.54, 1.807) is 0 Å². The molecule has 0 aromatic rings. The molecule has 3 atom stereocenters. The zero-order valence-electron chi connectivity index (χ0n) is 11.2. The summed E-state index contributed by atoms with van der Waals surface area (Å²) in [5.74, 6) is 0.777. The maximum Gasteiger partial charge on any atom is 0.410 e. The van der Waals surface area contributed by atoms with Crippen molar-refractivity contribution in [2.45, 2.75) is 72.1 Å². The van der Waals surface area contributed by atoms with Crippen LogP contribution >= 0.6 is 0 Å². The van der Waals surface area contributed by atoms with E-state index >= 15 is 0 Å². The maximum absolute atomic E-state index is 11.8. The fraction of sp³-hybridized carbons (Fsp3) is 0.923. The van der Waals surface area contributed by atoms with Gasteiger partial charge in [-0.05, 0) is 39.0 Å². The summed E-state index contributed by atoms with van der Waals surface area (Å²) in [5, 5.41) is 0. The van der Waals surface area contributed by atoms with Gasteiger partial charge in [-0.2, -0.15) is 0 Å². The molecule has 0 aromatic carbocycles. The summed E-state index contributed by atoms with van der Waals surface area (Å²) in [7, 11) is 0. The Balaban J connectivity index is 0.000000606. The zero-order valence-corrected chi connectivity index (χ0v) is 11.2. The molecule has 0 spiro atoms. The zero-order chi connectivity index (χ0) is 12.3. The van der Waals surface area contributed by atoms with E-state index in [1.807, 2.05) is 32.6 Å². The number of fused-ring (bicyclic) bond motifs is 1. The molecule has 1 heterocycles. The first kappa shape index (κ1) is 13.3. The SMILES string of the molecule is CC.CCC1C[C@@H]2C[C@@H]2N1C(=O)OC(C)C. The molecular weight excluding hydrogens is 202 g/mol. The van der Waals surface area contributed by atoms with Gasteiger partial charge in [-0.1, -0.05) is 20.8 Å². The van der Waals surface area contributed by atoms with Gasteiger partial charge in [0.05, 0.1) is 6.10 Å². The van der Waals surface area contributed by atoms with Gasteiger partial charge in [-0.15, -0.1) is 0 Å². The van der Waals surface area contributed by atoms with Gasteiger partial charge in [0.2, 0.25) is 0 Å². The van der Waals surface area contributed by atoms with Crippen molar-refractivity contribution in [2.24, 2.45) is 5.92 Å². The Labute approximate surface area is 99.1 Å². The number of piperidine rings is 1. The van der Waals surface area contributed by atoms with Crippen LogP contribution in [0.3, 0.4) is 0 Å². The van der Waals surface area contributed by atoms with Crippen LogP contribution in [0.15, 0.2) is 0 Å². The molecule has 1 saturated heterocycles. The number of amides is 1. The topological polar surface area (TPSA) is 29.5 Å². The highest BCUT2D eigenvalue weighted by atomic mass is 16.6. The van der Waals surface area contributed by atoms with Crippen molar-refractivity contribution in [3.05, 3.63) is 0 Å². The number of likely N-dealkylation sites (tertiary alicyclic amines) is 1. The average Bonchev–Trinajstić information content (AvgIpc) is 2.91. The molecule has 94 valence electrons. The fourth-order valence-electron chi connectivity index (χ4n) is 2.47. The van der Waals surface area contributed by atoms with E-state index in [1.165, 1.54) is 12.8 Å². The van der Waals surface area contributed by atoms with E-state index in [2.05, 4.69) is 6.92 Å². The van der Waals surface area contributed by atoms with Gasteiger partial charge in [0, 0.05) is 12.1 Å². The third-order valence-corrected chi connectivity index (χ3v) is 3.23. The van der Waals surface area contributed by atoms with Crippen molar-refractivity contribution >= 4 is 6.09 Å². The molecule has 0 aromatic heterocycles. The second-order valence-electron chi connectivity index (χ2n) is 4.70. The molecule has 1 aliphatic heterocycles. The molecule has 1 aliphatic carbocycles. The minimum absolute atomic E-state index is 0.00203. The highest BCUT2D eigenvalue weighted by Crippen LogP contribution is 2.48. The van der Waals surface area contributed by atoms with Crippen LogP contribution in [0.1, 0.15) is 53.9 Å². The summed E-state index contributed by atoms with van der Waals surface area (Å²) in [6, 6.07) is 0.941. The molecule has 2 rings (SSSR count). The Kier molecular flexibility index (Phi) is 4.63. The van der Waals surface area contributed by atoms with E-state index in [0.717, 1.165) is 12.3 Å². The highest BCUT2D eigenvalue weighted by Gasteiger charge is 2.53. The maximum atomic E-state index is 11.8. The van der Waals surface area contributed by atoms with E-state index in [0.29, 0.717) is 12.1 Å². The summed E-state index contributed by atoms with van der Waals surface area (Å²) in [5.41, 5.74) is 0. The van der Waals surface area contributed by atoms with Crippen molar-refractivity contribution in [1.82, 2.24) is 4.90 Å². The summed E-state index contributed by atoms with van der Waals surface area (Å²) >= 11 is 0. The predicted octanol–water partition coefficient (Wildman–Crippen LogP) is 3.43. The number of nitrogens with zero attached hydrogens (tertiary/aromatic N) is 1. The molecule has 3 heteroatoms. The lowest BCUT2D eigenvalue weighted by Gasteiger charge is -2.26. The highest BCUT2D eigenvalue weighted by molar-refractivity contribution is 5.70. The van der Waals surface area contributed by atoms with Crippen LogP contribution in [0.2, 0.25) is 0 Å². The smallest absolute Gasteiger partial charge is 0.410 e. The molecule has 3 nitrogen and oxygen atoms in total. The quantitative estimate of drug-likeness (QED) is 0.723. The Morgan fingerprint density at radius 2 is 2.00 bits per heavy atom. The van der Waals surface area contributed by atoms with E-state index in [9.17, 15) is 4.79 Å². The minimum Gasteiger partial charge on any atom is -0.447 e. The molecule has 16 heavy (non-hydrogen) atoms. The Morgan fingerprint density at radius 1 is 1.38 bits per heavy atom. The second kappa shape index (κ2) is 5.55. The lowest BCUT2D eigenvalue weighted by Crippen LogP contribution is -2.39. The lowest BCUT2D eigenvalue weighted by atomic mass is 10.1. The van der Waals surface area contributed by atoms with Crippen molar-refractivity contribution < 1.29 is 9.53 Å². The fourth-order valence-corrected chi connectivity index (χ4v) is 2.47. The van der Waals surface area contributed by atoms with Gasteiger partial charge < -0.3 is 9.64 Å². The number of ether oxygens (including phenoxy) is 1. The minimum atomic E-state index is -0.100. The molecule has 0 radical (unpaired) electrons. The van der Waals surface area contributed by atoms with Crippen LogP contribution in [0.4, 0.5) is 4.79 Å². The predicted molar refractivity (Wildman–Crippen MR) is 65.4 cm³/mol. The number of carbonyl (C=O) groups excluding carboxylic acids is 1. The average molecular weight is 227 g/mol. The Morgan fingerprint density at radius 3 is 2.50 bits per heavy atom. The lowest BCUT2D eigenvalue weighted by molar-refractivity contribution is 0.0663. The number of hydrogen-bond donors (Lipinski definition) is 0. The second-order valence-corrected chi connectivity index (χ2v) is 4.70. The Bertz CT molecular complexity index is 240. The first-order valence-corrected chi connectivity index (χ1v) is 6.62. The molecule has 0 bridgehead atoms. The molecule has 1 saturated carbocycles. The summed E-state index contributed by atoms with van der Waals surface area (Å²) in [6.07, 6.45) is 3.34. The standard InChI is InChI=1S/C11H19NO2.C2H6/c1-4-9-5-8-6-10(8)12(9)11(13)14-7(2)3;1-2/h7-10H,4-6H2,1-3H3;1-2H3/t8-,9?,10+;/m1./s1. The summed E-state index contributed by atoms with van der Waals surface area (Å²) in [4.78, 5) is 13.7. The van der Waals surface area contributed by atoms with Gasteiger partial charge in [-0.25, -0.2) is 4.79 Å². The molecule has 2 fully saturated rings. The normalized spacial score (nSPS) is 30.6. The van der Waals surface area contributed by atoms with Crippen LogP contribution in [-0.4, -0.2) is 29.2 Å². The number of hydrogen-bond acceptors (Lipinski definition) is 2.